The Labute approximate surface area is 116 Å². The van der Waals surface area contributed by atoms with Gasteiger partial charge in [-0.3, -0.25) is 9.79 Å². The van der Waals surface area contributed by atoms with E-state index in [0.29, 0.717) is 12.4 Å². The van der Waals surface area contributed by atoms with Crippen LogP contribution in [0.25, 0.3) is 11.0 Å². The fraction of sp³-hybridized carbons (Fsp3) is 0.267. The van der Waals surface area contributed by atoms with Gasteiger partial charge in [-0.15, -0.1) is 0 Å². The number of hydrogen-bond donors (Lipinski definition) is 2. The third-order valence-electron chi connectivity index (χ3n) is 3.20. The van der Waals surface area contributed by atoms with Crippen LogP contribution in [-0.4, -0.2) is 28.1 Å². The second-order valence-electron chi connectivity index (χ2n) is 5.05. The first kappa shape index (κ1) is 12.6. The van der Waals surface area contributed by atoms with Gasteiger partial charge < -0.3 is 10.3 Å². The lowest BCUT2D eigenvalue weighted by atomic mass is 10.2. The second-order valence-corrected chi connectivity index (χ2v) is 5.05. The summed E-state index contributed by atoms with van der Waals surface area (Å²) in [6, 6.07) is 7.82. The van der Waals surface area contributed by atoms with Crippen LogP contribution in [0.2, 0.25) is 0 Å². The number of carbonyl (C=O) groups is 1. The summed E-state index contributed by atoms with van der Waals surface area (Å²) in [5.74, 6) is 0.620. The van der Waals surface area contributed by atoms with Crippen LogP contribution in [0.4, 0.5) is 0 Å². The molecule has 0 radical (unpaired) electrons. The number of hydrogen-bond acceptors (Lipinski definition) is 3. The minimum atomic E-state index is -0.0616. The summed E-state index contributed by atoms with van der Waals surface area (Å²) in [5.41, 5.74) is 3.32. The van der Waals surface area contributed by atoms with Gasteiger partial charge in [-0.1, -0.05) is 26.0 Å². The highest BCUT2D eigenvalue weighted by Crippen LogP contribution is 2.16. The van der Waals surface area contributed by atoms with Gasteiger partial charge >= 0.3 is 0 Å². The molecular weight excluding hydrogens is 252 g/mol. The van der Waals surface area contributed by atoms with E-state index in [4.69, 9.17) is 0 Å². The number of imidazole rings is 1. The monoisotopic (exact) mass is 268 g/mol. The predicted octanol–water partition coefficient (Wildman–Crippen LogP) is 2.02. The van der Waals surface area contributed by atoms with Crippen molar-refractivity contribution in [1.29, 1.82) is 0 Å². The number of H-pyrrole nitrogens is 1. The van der Waals surface area contributed by atoms with E-state index in [1.54, 1.807) is 0 Å². The number of allylic oxidation sites excluding steroid dienone is 1. The molecule has 20 heavy (non-hydrogen) atoms. The lowest BCUT2D eigenvalue weighted by Gasteiger charge is -2.09. The number of benzene rings is 1. The second kappa shape index (κ2) is 4.92. The van der Waals surface area contributed by atoms with Crippen molar-refractivity contribution >= 4 is 22.7 Å². The van der Waals surface area contributed by atoms with Gasteiger partial charge in [-0.25, -0.2) is 4.98 Å². The van der Waals surface area contributed by atoms with Crippen LogP contribution in [0, 0.1) is 5.92 Å². The average Bonchev–Trinajstić information content (AvgIpc) is 3.03. The number of fused-ring (bicyclic) bond motifs is 1. The SMILES string of the molecule is CC(C)C(=O)NC1=CCN=C1c1nc2ccccc2[nH]1. The number of rotatable bonds is 3. The lowest BCUT2D eigenvalue weighted by Crippen LogP contribution is -2.30. The van der Waals surface area contributed by atoms with Crippen LogP contribution in [0.1, 0.15) is 19.7 Å². The normalized spacial score (nSPS) is 14.6. The first-order valence-electron chi connectivity index (χ1n) is 6.66. The van der Waals surface area contributed by atoms with Gasteiger partial charge in [-0.2, -0.15) is 0 Å². The van der Waals surface area contributed by atoms with E-state index in [2.05, 4.69) is 20.3 Å². The molecule has 0 atom stereocenters. The maximum Gasteiger partial charge on any atom is 0.226 e. The van der Waals surface area contributed by atoms with Crippen LogP contribution >= 0.6 is 0 Å². The molecule has 0 bridgehead atoms. The Kier molecular flexibility index (Phi) is 3.10. The molecule has 0 unspecified atom stereocenters. The van der Waals surface area contributed by atoms with E-state index in [0.717, 1.165) is 22.4 Å². The standard InChI is InChI=1S/C15H16N4O/c1-9(2)15(20)19-12-7-8-16-13(12)14-17-10-5-3-4-6-11(10)18-14/h3-7,9H,8H2,1-2H3,(H,17,18)(H,19,20). The van der Waals surface area contributed by atoms with Gasteiger partial charge in [0.2, 0.25) is 5.91 Å². The fourth-order valence-corrected chi connectivity index (χ4v) is 2.06. The fourth-order valence-electron chi connectivity index (χ4n) is 2.06. The highest BCUT2D eigenvalue weighted by molar-refractivity contribution is 6.14. The maximum absolute atomic E-state index is 11.8. The van der Waals surface area contributed by atoms with E-state index in [1.165, 1.54) is 0 Å². The number of carbonyl (C=O) groups excluding carboxylic acids is 1. The molecule has 1 aromatic carbocycles. The summed E-state index contributed by atoms with van der Waals surface area (Å²) >= 11 is 0. The van der Waals surface area contributed by atoms with E-state index in [-0.39, 0.29) is 11.8 Å². The number of aromatic amines is 1. The quantitative estimate of drug-likeness (QED) is 0.894. The minimum Gasteiger partial charge on any atom is -0.337 e. The van der Waals surface area contributed by atoms with Crippen LogP contribution in [-0.2, 0) is 4.79 Å². The van der Waals surface area contributed by atoms with Crippen LogP contribution in [0.5, 0.6) is 0 Å². The Morgan fingerprint density at radius 3 is 2.90 bits per heavy atom. The third kappa shape index (κ3) is 2.22. The highest BCUT2D eigenvalue weighted by atomic mass is 16.1. The maximum atomic E-state index is 11.8. The molecular formula is C15H16N4O. The molecule has 0 saturated heterocycles. The summed E-state index contributed by atoms with van der Waals surface area (Å²) < 4.78 is 0. The van der Waals surface area contributed by atoms with Gasteiger partial charge in [-0.05, 0) is 18.2 Å². The summed E-state index contributed by atoms with van der Waals surface area (Å²) in [4.78, 5) is 24.0. The molecule has 1 aromatic heterocycles. The Bertz CT molecular complexity index is 691. The van der Waals surface area contributed by atoms with Gasteiger partial charge in [0.1, 0.15) is 5.71 Å². The summed E-state index contributed by atoms with van der Waals surface area (Å²) in [7, 11) is 0. The van der Waals surface area contributed by atoms with E-state index >= 15 is 0 Å². The number of aliphatic imine (C=N–C) groups is 1. The molecule has 5 heteroatoms. The Morgan fingerprint density at radius 1 is 1.35 bits per heavy atom. The van der Waals surface area contributed by atoms with E-state index in [1.807, 2.05) is 44.2 Å². The first-order valence-corrected chi connectivity index (χ1v) is 6.66. The van der Waals surface area contributed by atoms with Crippen molar-refractivity contribution in [3.63, 3.8) is 0 Å². The molecule has 2 N–H and O–H groups in total. The van der Waals surface area contributed by atoms with Crippen molar-refractivity contribution < 1.29 is 4.79 Å². The summed E-state index contributed by atoms with van der Waals surface area (Å²) in [6.07, 6.45) is 1.91. The van der Waals surface area contributed by atoms with Gasteiger partial charge in [0.25, 0.3) is 0 Å². The van der Waals surface area contributed by atoms with E-state index < -0.39 is 0 Å². The number of nitrogens with one attached hydrogen (secondary N) is 2. The zero-order valence-electron chi connectivity index (χ0n) is 11.5. The Morgan fingerprint density at radius 2 is 2.15 bits per heavy atom. The molecule has 5 nitrogen and oxygen atoms in total. The minimum absolute atomic E-state index is 0.0121. The van der Waals surface area contributed by atoms with Gasteiger partial charge in [0, 0.05) is 5.92 Å². The predicted molar refractivity (Wildman–Crippen MR) is 78.6 cm³/mol. The zero-order valence-corrected chi connectivity index (χ0v) is 11.5. The van der Waals surface area contributed by atoms with Crippen LogP contribution < -0.4 is 5.32 Å². The molecule has 0 aliphatic carbocycles. The molecule has 1 aliphatic heterocycles. The molecule has 0 saturated carbocycles. The molecule has 1 aliphatic rings. The summed E-state index contributed by atoms with van der Waals surface area (Å²) in [5, 5.41) is 2.90. The molecule has 2 heterocycles. The first-order chi connectivity index (χ1) is 9.65. The lowest BCUT2D eigenvalue weighted by molar-refractivity contribution is -0.123. The Balaban J connectivity index is 1.90. The number of nitrogens with zero attached hydrogens (tertiary/aromatic N) is 2. The zero-order chi connectivity index (χ0) is 14.1. The molecule has 0 spiro atoms. The van der Waals surface area contributed by atoms with Crippen LogP contribution in [0.3, 0.4) is 0 Å². The third-order valence-corrected chi connectivity index (χ3v) is 3.20. The average molecular weight is 268 g/mol. The molecule has 1 amide bonds. The molecule has 0 fully saturated rings. The highest BCUT2D eigenvalue weighted by Gasteiger charge is 2.20. The smallest absolute Gasteiger partial charge is 0.226 e. The van der Waals surface area contributed by atoms with Crippen LogP contribution in [0.15, 0.2) is 41.0 Å². The summed E-state index contributed by atoms with van der Waals surface area (Å²) in [6.45, 7) is 4.30. The number of para-hydroxylation sites is 2. The topological polar surface area (TPSA) is 70.1 Å². The van der Waals surface area contributed by atoms with Gasteiger partial charge in [0.05, 0.1) is 23.3 Å². The van der Waals surface area contributed by atoms with Crippen molar-refractivity contribution in [2.24, 2.45) is 10.9 Å². The number of aromatic nitrogens is 2. The molecule has 3 rings (SSSR count). The van der Waals surface area contributed by atoms with Crippen molar-refractivity contribution in [2.45, 2.75) is 13.8 Å². The van der Waals surface area contributed by atoms with Gasteiger partial charge in [0.15, 0.2) is 5.82 Å². The van der Waals surface area contributed by atoms with Crippen molar-refractivity contribution in [2.75, 3.05) is 6.54 Å². The van der Waals surface area contributed by atoms with Crippen molar-refractivity contribution in [3.05, 3.63) is 41.9 Å². The molecule has 102 valence electrons. The largest absolute Gasteiger partial charge is 0.337 e. The van der Waals surface area contributed by atoms with Crippen molar-refractivity contribution in [3.8, 4) is 0 Å². The van der Waals surface area contributed by atoms with E-state index in [9.17, 15) is 4.79 Å². The number of amides is 1. The van der Waals surface area contributed by atoms with Crippen molar-refractivity contribution in [1.82, 2.24) is 15.3 Å². The Hall–Kier alpha value is -2.43. The molecule has 2 aromatic rings.